The predicted molar refractivity (Wildman–Crippen MR) is 78.8 cm³/mol. The van der Waals surface area contributed by atoms with Crippen molar-refractivity contribution in [3.05, 3.63) is 69.2 Å². The van der Waals surface area contributed by atoms with Gasteiger partial charge in [0.1, 0.15) is 0 Å². The van der Waals surface area contributed by atoms with Crippen molar-refractivity contribution in [1.82, 2.24) is 0 Å². The number of carbonyl (C=O) groups is 1. The fraction of sp³-hybridized carbons (Fsp3) is 0. The van der Waals surface area contributed by atoms with Crippen LogP contribution in [0.25, 0.3) is 12.2 Å². The summed E-state index contributed by atoms with van der Waals surface area (Å²) < 4.78 is 0. The van der Waals surface area contributed by atoms with E-state index in [1.54, 1.807) is 30.4 Å². The molecule has 2 aromatic carbocycles. The Morgan fingerprint density at radius 1 is 0.947 bits per heavy atom. The molecule has 0 spiro atoms. The van der Waals surface area contributed by atoms with Crippen LogP contribution in [-0.2, 0) is 0 Å². The summed E-state index contributed by atoms with van der Waals surface area (Å²) in [7, 11) is 0. The first-order chi connectivity index (χ1) is 9.09. The van der Waals surface area contributed by atoms with E-state index in [4.69, 9.17) is 28.3 Å². The molecule has 0 saturated carbocycles. The minimum Gasteiger partial charge on any atom is -0.478 e. The van der Waals surface area contributed by atoms with Crippen LogP contribution in [-0.4, -0.2) is 11.1 Å². The first-order valence-electron chi connectivity index (χ1n) is 5.54. The van der Waals surface area contributed by atoms with Gasteiger partial charge in [0.15, 0.2) is 0 Å². The highest BCUT2D eigenvalue weighted by atomic mass is 35.5. The molecule has 0 bridgehead atoms. The Morgan fingerprint density at radius 2 is 1.63 bits per heavy atom. The van der Waals surface area contributed by atoms with Gasteiger partial charge in [-0.3, -0.25) is 0 Å². The first kappa shape index (κ1) is 13.7. The summed E-state index contributed by atoms with van der Waals surface area (Å²) in [6.07, 6.45) is 3.41. The zero-order valence-corrected chi connectivity index (χ0v) is 11.3. The molecule has 0 saturated heterocycles. The minimum atomic E-state index is -1.01. The predicted octanol–water partition coefficient (Wildman–Crippen LogP) is 4.86. The molecule has 0 aliphatic carbocycles. The molecule has 0 aliphatic rings. The molecular formula is C15H10Cl2O2. The van der Waals surface area contributed by atoms with Crippen molar-refractivity contribution in [2.75, 3.05) is 0 Å². The van der Waals surface area contributed by atoms with Crippen LogP contribution in [0.3, 0.4) is 0 Å². The van der Waals surface area contributed by atoms with Gasteiger partial charge in [0.05, 0.1) is 5.56 Å². The van der Waals surface area contributed by atoms with Gasteiger partial charge in [-0.1, -0.05) is 59.6 Å². The van der Waals surface area contributed by atoms with Gasteiger partial charge in [0.25, 0.3) is 0 Å². The van der Waals surface area contributed by atoms with Crippen molar-refractivity contribution in [1.29, 1.82) is 0 Å². The number of aromatic carboxylic acids is 1. The highest BCUT2D eigenvalue weighted by Crippen LogP contribution is 2.24. The Hall–Kier alpha value is -1.77. The van der Waals surface area contributed by atoms with Gasteiger partial charge in [-0.25, -0.2) is 4.79 Å². The summed E-state index contributed by atoms with van der Waals surface area (Å²) in [6, 6.07) is 12.1. The van der Waals surface area contributed by atoms with Gasteiger partial charge >= 0.3 is 5.97 Å². The number of carboxylic acids is 1. The summed E-state index contributed by atoms with van der Waals surface area (Å²) in [4.78, 5) is 11.1. The number of hydrogen-bond donors (Lipinski definition) is 1. The highest BCUT2D eigenvalue weighted by molar-refractivity contribution is 6.33. The van der Waals surface area contributed by atoms with Gasteiger partial charge in [0.2, 0.25) is 0 Å². The van der Waals surface area contributed by atoms with E-state index < -0.39 is 5.97 Å². The average Bonchev–Trinajstić information content (AvgIpc) is 2.38. The van der Waals surface area contributed by atoms with Gasteiger partial charge < -0.3 is 5.11 Å². The molecular weight excluding hydrogens is 283 g/mol. The summed E-state index contributed by atoms with van der Waals surface area (Å²) >= 11 is 12.1. The van der Waals surface area contributed by atoms with Gasteiger partial charge in [-0.05, 0) is 23.8 Å². The van der Waals surface area contributed by atoms with E-state index in [1.165, 1.54) is 6.07 Å². The Labute approximate surface area is 120 Å². The SMILES string of the molecule is O=C(O)c1cccc(Cl)c1C=Cc1ccccc1Cl. The second-order valence-corrected chi connectivity index (χ2v) is 4.68. The van der Waals surface area contributed by atoms with E-state index >= 15 is 0 Å². The molecule has 0 radical (unpaired) electrons. The van der Waals surface area contributed by atoms with Crippen LogP contribution in [0.1, 0.15) is 21.5 Å². The number of halogens is 2. The lowest BCUT2D eigenvalue weighted by molar-refractivity contribution is 0.0696. The quantitative estimate of drug-likeness (QED) is 0.820. The third-order valence-electron chi connectivity index (χ3n) is 2.62. The van der Waals surface area contributed by atoms with Crippen LogP contribution in [0.4, 0.5) is 0 Å². The summed E-state index contributed by atoms with van der Waals surface area (Å²) in [5.74, 6) is -1.01. The Bertz CT molecular complexity index is 648. The minimum absolute atomic E-state index is 0.163. The highest BCUT2D eigenvalue weighted by Gasteiger charge is 2.10. The van der Waals surface area contributed by atoms with Crippen LogP contribution in [0.5, 0.6) is 0 Å². The second-order valence-electron chi connectivity index (χ2n) is 3.86. The van der Waals surface area contributed by atoms with E-state index in [0.717, 1.165) is 5.56 Å². The number of hydrogen-bond acceptors (Lipinski definition) is 1. The van der Waals surface area contributed by atoms with Crippen molar-refractivity contribution in [3.8, 4) is 0 Å². The van der Waals surface area contributed by atoms with Crippen molar-refractivity contribution >= 4 is 41.3 Å². The monoisotopic (exact) mass is 292 g/mol. The van der Waals surface area contributed by atoms with E-state index in [-0.39, 0.29) is 5.56 Å². The maximum atomic E-state index is 11.1. The number of carboxylic acid groups (broad SMARTS) is 1. The molecule has 96 valence electrons. The van der Waals surface area contributed by atoms with Crippen LogP contribution in [0.15, 0.2) is 42.5 Å². The van der Waals surface area contributed by atoms with Gasteiger partial charge in [-0.15, -0.1) is 0 Å². The van der Waals surface area contributed by atoms with Crippen molar-refractivity contribution in [2.24, 2.45) is 0 Å². The molecule has 1 N–H and O–H groups in total. The molecule has 0 unspecified atom stereocenters. The van der Waals surface area contributed by atoms with Gasteiger partial charge in [-0.2, -0.15) is 0 Å². The smallest absolute Gasteiger partial charge is 0.336 e. The third-order valence-corrected chi connectivity index (χ3v) is 3.29. The molecule has 0 amide bonds. The molecule has 0 aliphatic heterocycles. The topological polar surface area (TPSA) is 37.3 Å². The van der Waals surface area contributed by atoms with E-state index in [1.807, 2.05) is 18.2 Å². The fourth-order valence-electron chi connectivity index (χ4n) is 1.68. The second kappa shape index (κ2) is 5.91. The third kappa shape index (κ3) is 3.16. The van der Waals surface area contributed by atoms with Gasteiger partial charge in [0, 0.05) is 15.6 Å². The molecule has 19 heavy (non-hydrogen) atoms. The molecule has 4 heteroatoms. The zero-order chi connectivity index (χ0) is 13.8. The zero-order valence-electron chi connectivity index (χ0n) is 9.81. The summed E-state index contributed by atoms with van der Waals surface area (Å²) in [6.45, 7) is 0. The first-order valence-corrected chi connectivity index (χ1v) is 6.29. The molecule has 2 nitrogen and oxygen atoms in total. The lowest BCUT2D eigenvalue weighted by Gasteiger charge is -2.04. The van der Waals surface area contributed by atoms with E-state index in [9.17, 15) is 4.79 Å². The van der Waals surface area contributed by atoms with Crippen molar-refractivity contribution < 1.29 is 9.90 Å². The van der Waals surface area contributed by atoms with Crippen LogP contribution >= 0.6 is 23.2 Å². The Balaban J connectivity index is 2.44. The lowest BCUT2D eigenvalue weighted by atomic mass is 10.1. The molecule has 0 aromatic heterocycles. The summed E-state index contributed by atoms with van der Waals surface area (Å²) in [5, 5.41) is 10.1. The molecule has 2 rings (SSSR count). The van der Waals surface area contributed by atoms with E-state index in [0.29, 0.717) is 15.6 Å². The van der Waals surface area contributed by atoms with Crippen molar-refractivity contribution in [3.63, 3.8) is 0 Å². The fourth-order valence-corrected chi connectivity index (χ4v) is 2.11. The number of rotatable bonds is 3. The standard InChI is InChI=1S/C15H10Cl2O2/c16-13-6-2-1-4-10(13)8-9-11-12(15(18)19)5-3-7-14(11)17/h1-9H,(H,18,19). The molecule has 0 atom stereocenters. The number of benzene rings is 2. The van der Waals surface area contributed by atoms with Crippen molar-refractivity contribution in [2.45, 2.75) is 0 Å². The molecule has 2 aromatic rings. The van der Waals surface area contributed by atoms with Crippen LogP contribution in [0, 0.1) is 0 Å². The maximum Gasteiger partial charge on any atom is 0.336 e. The van der Waals surface area contributed by atoms with E-state index in [2.05, 4.69) is 0 Å². The molecule has 0 fully saturated rings. The average molecular weight is 293 g/mol. The Morgan fingerprint density at radius 3 is 2.32 bits per heavy atom. The lowest BCUT2D eigenvalue weighted by Crippen LogP contribution is -1.99. The molecule has 0 heterocycles. The largest absolute Gasteiger partial charge is 0.478 e. The normalized spacial score (nSPS) is 10.8. The van der Waals surface area contributed by atoms with Crippen LogP contribution in [0.2, 0.25) is 10.0 Å². The van der Waals surface area contributed by atoms with Crippen LogP contribution < -0.4 is 0 Å². The summed E-state index contributed by atoms with van der Waals surface area (Å²) in [5.41, 5.74) is 1.44. The maximum absolute atomic E-state index is 11.1. The Kier molecular flexibility index (Phi) is 4.25.